The van der Waals surface area contributed by atoms with Crippen molar-refractivity contribution in [2.24, 2.45) is 18.2 Å². The Labute approximate surface area is 111 Å². The van der Waals surface area contributed by atoms with Crippen LogP contribution in [-0.4, -0.2) is 34.3 Å². The van der Waals surface area contributed by atoms with Gasteiger partial charge in [0.15, 0.2) is 0 Å². The van der Waals surface area contributed by atoms with E-state index in [-0.39, 0.29) is 5.41 Å². The molecule has 0 saturated carbocycles. The second-order valence-corrected chi connectivity index (χ2v) is 5.99. The maximum atomic E-state index is 5.84. The highest BCUT2D eigenvalue weighted by molar-refractivity contribution is 5.15. The first kappa shape index (κ1) is 15.2. The highest BCUT2D eigenvalue weighted by atomic mass is 15.3. The van der Waals surface area contributed by atoms with Crippen molar-refractivity contribution in [2.75, 3.05) is 19.6 Å². The van der Waals surface area contributed by atoms with Crippen LogP contribution in [0.5, 0.6) is 0 Å². The van der Waals surface area contributed by atoms with Gasteiger partial charge >= 0.3 is 0 Å². The molecule has 0 saturated heterocycles. The van der Waals surface area contributed by atoms with E-state index in [1.54, 1.807) is 0 Å². The summed E-state index contributed by atoms with van der Waals surface area (Å²) in [5, 5.41) is 4.41. The molecule has 1 heterocycles. The molecule has 0 spiro atoms. The molecule has 1 aromatic rings. The van der Waals surface area contributed by atoms with E-state index >= 15 is 0 Å². The minimum Gasteiger partial charge on any atom is -0.330 e. The Kier molecular flexibility index (Phi) is 5.35. The lowest BCUT2D eigenvalue weighted by molar-refractivity contribution is 0.175. The van der Waals surface area contributed by atoms with Gasteiger partial charge in [-0.2, -0.15) is 5.10 Å². The third kappa shape index (κ3) is 4.42. The zero-order valence-electron chi connectivity index (χ0n) is 12.5. The van der Waals surface area contributed by atoms with Gasteiger partial charge < -0.3 is 5.73 Å². The van der Waals surface area contributed by atoms with Gasteiger partial charge in [-0.15, -0.1) is 0 Å². The predicted molar refractivity (Wildman–Crippen MR) is 76.3 cm³/mol. The van der Waals surface area contributed by atoms with Crippen molar-refractivity contribution in [1.82, 2.24) is 14.7 Å². The molecule has 0 aliphatic rings. The molecular weight excluding hydrogens is 224 g/mol. The van der Waals surface area contributed by atoms with Gasteiger partial charge in [0.2, 0.25) is 0 Å². The molecule has 0 atom stereocenters. The number of rotatable bonds is 7. The van der Waals surface area contributed by atoms with Crippen molar-refractivity contribution < 1.29 is 0 Å². The SMILES string of the molecule is CCCN(Cc1cn(C)nc1C)CC(C)(C)CN. The second-order valence-electron chi connectivity index (χ2n) is 5.99. The Balaban J connectivity index is 2.71. The summed E-state index contributed by atoms with van der Waals surface area (Å²) in [7, 11) is 1.98. The maximum Gasteiger partial charge on any atom is 0.0638 e. The van der Waals surface area contributed by atoms with Crippen LogP contribution in [0.15, 0.2) is 6.20 Å². The molecule has 0 amide bonds. The van der Waals surface area contributed by atoms with Gasteiger partial charge in [-0.3, -0.25) is 9.58 Å². The van der Waals surface area contributed by atoms with E-state index in [9.17, 15) is 0 Å². The van der Waals surface area contributed by atoms with Crippen molar-refractivity contribution in [3.8, 4) is 0 Å². The van der Waals surface area contributed by atoms with E-state index in [1.165, 1.54) is 12.0 Å². The van der Waals surface area contributed by atoms with E-state index in [0.29, 0.717) is 0 Å². The number of nitrogens with two attached hydrogens (primary N) is 1. The lowest BCUT2D eigenvalue weighted by Crippen LogP contribution is -2.38. The number of hydrogen-bond acceptors (Lipinski definition) is 3. The first-order valence-corrected chi connectivity index (χ1v) is 6.79. The standard InChI is InChI=1S/C14H28N4/c1-6-7-18(11-14(3,4)10-15)9-13-8-17(5)16-12(13)2/h8H,6-7,9-11,15H2,1-5H3. The number of aryl methyl sites for hydroxylation is 2. The smallest absolute Gasteiger partial charge is 0.0638 e. The van der Waals surface area contributed by atoms with Crippen molar-refractivity contribution in [2.45, 2.75) is 40.7 Å². The van der Waals surface area contributed by atoms with Crippen LogP contribution in [0.25, 0.3) is 0 Å². The zero-order valence-corrected chi connectivity index (χ0v) is 12.5. The number of nitrogens with zero attached hydrogens (tertiary/aromatic N) is 3. The Morgan fingerprint density at radius 2 is 2.11 bits per heavy atom. The van der Waals surface area contributed by atoms with Gasteiger partial charge in [-0.1, -0.05) is 20.8 Å². The van der Waals surface area contributed by atoms with Gasteiger partial charge in [-0.05, 0) is 31.8 Å². The predicted octanol–water partition coefficient (Wildman–Crippen LogP) is 1.93. The van der Waals surface area contributed by atoms with Gasteiger partial charge in [0, 0.05) is 31.9 Å². The lowest BCUT2D eigenvalue weighted by Gasteiger charge is -2.31. The topological polar surface area (TPSA) is 47.1 Å². The van der Waals surface area contributed by atoms with Crippen LogP contribution in [0.2, 0.25) is 0 Å². The monoisotopic (exact) mass is 252 g/mol. The van der Waals surface area contributed by atoms with Crippen molar-refractivity contribution >= 4 is 0 Å². The molecule has 18 heavy (non-hydrogen) atoms. The third-order valence-electron chi connectivity index (χ3n) is 3.25. The number of hydrogen-bond donors (Lipinski definition) is 1. The average molecular weight is 252 g/mol. The third-order valence-corrected chi connectivity index (χ3v) is 3.25. The van der Waals surface area contributed by atoms with Crippen LogP contribution in [0.1, 0.15) is 38.4 Å². The second kappa shape index (κ2) is 6.34. The van der Waals surface area contributed by atoms with Crippen molar-refractivity contribution in [3.05, 3.63) is 17.5 Å². The molecule has 0 fully saturated rings. The molecule has 0 radical (unpaired) electrons. The minimum atomic E-state index is 0.172. The van der Waals surface area contributed by atoms with Crippen LogP contribution in [-0.2, 0) is 13.6 Å². The van der Waals surface area contributed by atoms with E-state index in [0.717, 1.165) is 31.9 Å². The van der Waals surface area contributed by atoms with E-state index < -0.39 is 0 Å². The summed E-state index contributed by atoms with van der Waals surface area (Å²) in [6.07, 6.45) is 3.29. The first-order chi connectivity index (χ1) is 8.38. The largest absolute Gasteiger partial charge is 0.330 e. The first-order valence-electron chi connectivity index (χ1n) is 6.79. The van der Waals surface area contributed by atoms with Crippen LogP contribution < -0.4 is 5.73 Å². The summed E-state index contributed by atoms with van der Waals surface area (Å²) in [6, 6.07) is 0. The lowest BCUT2D eigenvalue weighted by atomic mass is 9.93. The number of aromatic nitrogens is 2. The van der Waals surface area contributed by atoms with Gasteiger partial charge in [-0.25, -0.2) is 0 Å². The fraction of sp³-hybridized carbons (Fsp3) is 0.786. The molecule has 104 valence electrons. The molecule has 0 aliphatic carbocycles. The van der Waals surface area contributed by atoms with E-state index in [4.69, 9.17) is 5.73 Å². The molecule has 0 aromatic carbocycles. The molecule has 2 N–H and O–H groups in total. The summed E-state index contributed by atoms with van der Waals surface area (Å²) in [5.74, 6) is 0. The highest BCUT2D eigenvalue weighted by Gasteiger charge is 2.20. The summed E-state index contributed by atoms with van der Waals surface area (Å²) in [4.78, 5) is 2.48. The van der Waals surface area contributed by atoms with Gasteiger partial charge in [0.1, 0.15) is 0 Å². The highest BCUT2D eigenvalue weighted by Crippen LogP contribution is 2.18. The Bertz CT molecular complexity index is 368. The van der Waals surface area contributed by atoms with Crippen LogP contribution in [0.4, 0.5) is 0 Å². The Morgan fingerprint density at radius 1 is 1.44 bits per heavy atom. The zero-order chi connectivity index (χ0) is 13.8. The minimum absolute atomic E-state index is 0.172. The summed E-state index contributed by atoms with van der Waals surface area (Å²) < 4.78 is 1.89. The van der Waals surface area contributed by atoms with Crippen LogP contribution in [0, 0.1) is 12.3 Å². The fourth-order valence-electron chi connectivity index (χ4n) is 2.24. The summed E-state index contributed by atoms with van der Waals surface area (Å²) in [5.41, 5.74) is 8.45. The summed E-state index contributed by atoms with van der Waals surface area (Å²) >= 11 is 0. The molecule has 4 heteroatoms. The average Bonchev–Trinajstić information content (AvgIpc) is 2.57. The van der Waals surface area contributed by atoms with E-state index in [1.807, 2.05) is 11.7 Å². The van der Waals surface area contributed by atoms with Crippen molar-refractivity contribution in [1.29, 1.82) is 0 Å². The van der Waals surface area contributed by atoms with Crippen LogP contribution in [0.3, 0.4) is 0 Å². The van der Waals surface area contributed by atoms with Crippen molar-refractivity contribution in [3.63, 3.8) is 0 Å². The fourth-order valence-corrected chi connectivity index (χ4v) is 2.24. The van der Waals surface area contributed by atoms with E-state index in [2.05, 4.69) is 43.9 Å². The summed E-state index contributed by atoms with van der Waals surface area (Å²) in [6.45, 7) is 12.6. The normalized spacial score (nSPS) is 12.4. The molecule has 0 aliphatic heterocycles. The Hall–Kier alpha value is -0.870. The molecule has 4 nitrogen and oxygen atoms in total. The van der Waals surface area contributed by atoms with Gasteiger partial charge in [0.05, 0.1) is 5.69 Å². The molecular formula is C14H28N4. The quantitative estimate of drug-likeness (QED) is 0.806. The van der Waals surface area contributed by atoms with Gasteiger partial charge in [0.25, 0.3) is 0 Å². The van der Waals surface area contributed by atoms with Crippen LogP contribution >= 0.6 is 0 Å². The molecule has 1 rings (SSSR count). The molecule has 1 aromatic heterocycles. The molecule has 0 bridgehead atoms. The maximum absolute atomic E-state index is 5.84. The Morgan fingerprint density at radius 3 is 2.56 bits per heavy atom. The molecule has 0 unspecified atom stereocenters.